The molecule has 0 spiro atoms. The van der Waals surface area contributed by atoms with E-state index in [0.717, 1.165) is 5.92 Å². The highest BCUT2D eigenvalue weighted by atomic mass is 15.2. The molecule has 0 radical (unpaired) electrons. The van der Waals surface area contributed by atoms with Gasteiger partial charge in [-0.1, -0.05) is 13.8 Å². The van der Waals surface area contributed by atoms with Crippen molar-refractivity contribution in [2.45, 2.75) is 38.5 Å². The molecule has 15 heavy (non-hydrogen) atoms. The molecule has 0 N–H and O–H groups in total. The van der Waals surface area contributed by atoms with Crippen LogP contribution < -0.4 is 0 Å². The van der Waals surface area contributed by atoms with E-state index in [4.69, 9.17) is 0 Å². The molecule has 2 aromatic heterocycles. The molecule has 1 aliphatic rings. The molecule has 0 amide bonds. The number of nitrogens with zero attached hydrogens (tertiary/aromatic N) is 2. The Morgan fingerprint density at radius 3 is 2.87 bits per heavy atom. The van der Waals surface area contributed by atoms with E-state index in [0.29, 0.717) is 5.92 Å². The summed E-state index contributed by atoms with van der Waals surface area (Å²) in [6.45, 7) is 4.52. The van der Waals surface area contributed by atoms with Crippen LogP contribution in [0.3, 0.4) is 0 Å². The number of aromatic nitrogens is 2. The molecule has 0 bridgehead atoms. The number of hydrogen-bond donors (Lipinski definition) is 0. The second-order valence-electron chi connectivity index (χ2n) is 4.81. The third-order valence-corrected chi connectivity index (χ3v) is 3.24. The van der Waals surface area contributed by atoms with E-state index >= 15 is 0 Å². The Balaban J connectivity index is 2.23. The van der Waals surface area contributed by atoms with E-state index < -0.39 is 0 Å². The van der Waals surface area contributed by atoms with E-state index in [9.17, 15) is 0 Å². The summed E-state index contributed by atoms with van der Waals surface area (Å²) in [4.78, 5) is 0. The molecular weight excluding hydrogens is 184 g/mol. The van der Waals surface area contributed by atoms with Gasteiger partial charge < -0.3 is 0 Å². The average molecular weight is 200 g/mol. The van der Waals surface area contributed by atoms with Crippen molar-refractivity contribution < 1.29 is 0 Å². The zero-order valence-corrected chi connectivity index (χ0v) is 9.27. The SMILES string of the molecule is CC(C)c1cn2nccc2cc1C1CC1. The first-order valence-electron chi connectivity index (χ1n) is 5.73. The second-order valence-corrected chi connectivity index (χ2v) is 4.81. The van der Waals surface area contributed by atoms with Gasteiger partial charge in [0.25, 0.3) is 0 Å². The Labute approximate surface area is 89.9 Å². The number of hydrogen-bond acceptors (Lipinski definition) is 1. The predicted octanol–water partition coefficient (Wildman–Crippen LogP) is 3.34. The lowest BCUT2D eigenvalue weighted by Crippen LogP contribution is -1.99. The standard InChI is InChI=1S/C13H16N2/c1-9(2)13-8-15-11(5-6-14-15)7-12(13)10-3-4-10/h5-10H,3-4H2,1-2H3. The summed E-state index contributed by atoms with van der Waals surface area (Å²) in [6, 6.07) is 4.40. The van der Waals surface area contributed by atoms with E-state index in [1.165, 1.54) is 23.9 Å². The Morgan fingerprint density at radius 2 is 2.20 bits per heavy atom. The van der Waals surface area contributed by atoms with Crippen LogP contribution in [0.5, 0.6) is 0 Å². The van der Waals surface area contributed by atoms with Crippen molar-refractivity contribution in [2.24, 2.45) is 0 Å². The van der Waals surface area contributed by atoms with Gasteiger partial charge in [0.2, 0.25) is 0 Å². The molecule has 1 aliphatic carbocycles. The molecule has 0 saturated heterocycles. The van der Waals surface area contributed by atoms with Gasteiger partial charge in [0, 0.05) is 12.4 Å². The minimum absolute atomic E-state index is 0.592. The average Bonchev–Trinajstić information content (AvgIpc) is 2.95. The van der Waals surface area contributed by atoms with Crippen LogP contribution in [-0.4, -0.2) is 9.61 Å². The molecule has 2 nitrogen and oxygen atoms in total. The molecule has 1 fully saturated rings. The monoisotopic (exact) mass is 200 g/mol. The van der Waals surface area contributed by atoms with Crippen molar-refractivity contribution in [3.63, 3.8) is 0 Å². The normalized spacial score (nSPS) is 16.5. The first kappa shape index (κ1) is 8.96. The zero-order valence-electron chi connectivity index (χ0n) is 9.27. The number of pyridine rings is 1. The molecule has 0 aromatic carbocycles. The molecule has 0 atom stereocenters. The van der Waals surface area contributed by atoms with Crippen LogP contribution in [0.15, 0.2) is 24.5 Å². The fourth-order valence-corrected chi connectivity index (χ4v) is 2.23. The maximum absolute atomic E-state index is 4.30. The quantitative estimate of drug-likeness (QED) is 0.726. The van der Waals surface area contributed by atoms with Crippen LogP contribution in [0.4, 0.5) is 0 Å². The summed E-state index contributed by atoms with van der Waals surface area (Å²) in [6.07, 6.45) is 6.80. The van der Waals surface area contributed by atoms with Crippen molar-refractivity contribution in [1.82, 2.24) is 9.61 Å². The Kier molecular flexibility index (Phi) is 1.84. The smallest absolute Gasteiger partial charge is 0.0664 e. The molecule has 0 aliphatic heterocycles. The van der Waals surface area contributed by atoms with Gasteiger partial charge in [-0.25, -0.2) is 4.52 Å². The Hall–Kier alpha value is -1.31. The largest absolute Gasteiger partial charge is 0.241 e. The second kappa shape index (κ2) is 3.09. The Bertz CT molecular complexity index is 456. The van der Waals surface area contributed by atoms with E-state index in [-0.39, 0.29) is 0 Å². The topological polar surface area (TPSA) is 17.3 Å². The molecule has 78 valence electrons. The molecule has 3 rings (SSSR count). The summed E-state index contributed by atoms with van der Waals surface area (Å²) >= 11 is 0. The van der Waals surface area contributed by atoms with Gasteiger partial charge in [-0.05, 0) is 47.9 Å². The lowest BCUT2D eigenvalue weighted by Gasteiger charge is -2.12. The predicted molar refractivity (Wildman–Crippen MR) is 61.3 cm³/mol. The highest BCUT2D eigenvalue weighted by molar-refractivity contribution is 5.52. The van der Waals surface area contributed by atoms with Crippen LogP contribution in [0, 0.1) is 0 Å². The van der Waals surface area contributed by atoms with Gasteiger partial charge in [-0.3, -0.25) is 0 Å². The summed E-state index contributed by atoms with van der Waals surface area (Å²) in [7, 11) is 0. The highest BCUT2D eigenvalue weighted by Gasteiger charge is 2.27. The fraction of sp³-hybridized carbons (Fsp3) is 0.462. The van der Waals surface area contributed by atoms with Crippen LogP contribution in [0.25, 0.3) is 5.52 Å². The third-order valence-electron chi connectivity index (χ3n) is 3.24. The van der Waals surface area contributed by atoms with Crippen LogP contribution in [0.1, 0.15) is 49.7 Å². The fourth-order valence-electron chi connectivity index (χ4n) is 2.23. The van der Waals surface area contributed by atoms with Crippen LogP contribution in [0.2, 0.25) is 0 Å². The van der Waals surface area contributed by atoms with E-state index in [2.05, 4.69) is 37.3 Å². The van der Waals surface area contributed by atoms with Crippen molar-refractivity contribution in [2.75, 3.05) is 0 Å². The first-order valence-corrected chi connectivity index (χ1v) is 5.73. The molecular formula is C13H16N2. The van der Waals surface area contributed by atoms with Gasteiger partial charge in [0.1, 0.15) is 0 Å². The lowest BCUT2D eigenvalue weighted by molar-refractivity contribution is 0.812. The molecule has 1 saturated carbocycles. The minimum Gasteiger partial charge on any atom is -0.241 e. The third kappa shape index (κ3) is 1.44. The molecule has 2 aromatic rings. The zero-order chi connectivity index (χ0) is 10.4. The van der Waals surface area contributed by atoms with Crippen LogP contribution in [-0.2, 0) is 0 Å². The maximum atomic E-state index is 4.30. The van der Waals surface area contributed by atoms with Crippen molar-refractivity contribution >= 4 is 5.52 Å². The van der Waals surface area contributed by atoms with Gasteiger partial charge in [0.05, 0.1) is 5.52 Å². The summed E-state index contributed by atoms with van der Waals surface area (Å²) in [5, 5.41) is 4.30. The van der Waals surface area contributed by atoms with Crippen molar-refractivity contribution in [1.29, 1.82) is 0 Å². The minimum atomic E-state index is 0.592. The van der Waals surface area contributed by atoms with Gasteiger partial charge >= 0.3 is 0 Å². The summed E-state index contributed by atoms with van der Waals surface area (Å²) in [5.41, 5.74) is 4.24. The highest BCUT2D eigenvalue weighted by Crippen LogP contribution is 2.43. The van der Waals surface area contributed by atoms with Crippen molar-refractivity contribution in [3.05, 3.63) is 35.7 Å². The van der Waals surface area contributed by atoms with Gasteiger partial charge in [0.15, 0.2) is 0 Å². The van der Waals surface area contributed by atoms with E-state index in [1.807, 2.05) is 10.7 Å². The Morgan fingerprint density at radius 1 is 1.40 bits per heavy atom. The van der Waals surface area contributed by atoms with Gasteiger partial charge in [-0.2, -0.15) is 5.10 Å². The van der Waals surface area contributed by atoms with Crippen molar-refractivity contribution in [3.8, 4) is 0 Å². The molecule has 2 heteroatoms. The maximum Gasteiger partial charge on any atom is 0.0664 e. The molecule has 2 heterocycles. The summed E-state index contributed by atoms with van der Waals surface area (Å²) in [5.74, 6) is 1.41. The number of rotatable bonds is 2. The first-order chi connectivity index (χ1) is 7.25. The van der Waals surface area contributed by atoms with Gasteiger partial charge in [-0.15, -0.1) is 0 Å². The van der Waals surface area contributed by atoms with Crippen LogP contribution >= 0.6 is 0 Å². The van der Waals surface area contributed by atoms with E-state index in [1.54, 1.807) is 5.56 Å². The molecule has 0 unspecified atom stereocenters. The number of fused-ring (bicyclic) bond motifs is 1. The summed E-state index contributed by atoms with van der Waals surface area (Å²) < 4.78 is 1.99. The lowest BCUT2D eigenvalue weighted by atomic mass is 9.96.